The molecule has 0 saturated heterocycles. The molecule has 0 aliphatic carbocycles. The Hall–Kier alpha value is -1.60. The lowest BCUT2D eigenvalue weighted by molar-refractivity contribution is -0.121. The van der Waals surface area contributed by atoms with E-state index in [9.17, 15) is 9.59 Å². The minimum atomic E-state index is -0.648. The fourth-order valence-electron chi connectivity index (χ4n) is 1.47. The minimum Gasteiger partial charge on any atom is -0.354 e. The quantitative estimate of drug-likeness (QED) is 0.617. The van der Waals surface area contributed by atoms with E-state index in [0.717, 1.165) is 4.88 Å². The van der Waals surface area contributed by atoms with E-state index in [4.69, 9.17) is 11.5 Å². The molecule has 6 nitrogen and oxygen atoms in total. The Bertz CT molecular complexity index is 425. The molecule has 1 atom stereocenters. The second kappa shape index (κ2) is 6.53. The van der Waals surface area contributed by atoms with Crippen LogP contribution >= 0.6 is 11.3 Å². The molecule has 0 aliphatic rings. The lowest BCUT2D eigenvalue weighted by atomic mass is 10.1. The van der Waals surface area contributed by atoms with Crippen LogP contribution in [0.1, 0.15) is 31.2 Å². The van der Waals surface area contributed by atoms with Gasteiger partial charge in [0.25, 0.3) is 0 Å². The van der Waals surface area contributed by atoms with Crippen LogP contribution in [0.5, 0.6) is 0 Å². The van der Waals surface area contributed by atoms with Crippen LogP contribution in [0.3, 0.4) is 0 Å². The topological polar surface area (TPSA) is 110 Å². The molecular formula is C12H20N4O2S. The Labute approximate surface area is 116 Å². The summed E-state index contributed by atoms with van der Waals surface area (Å²) in [5, 5.41) is 7.19. The van der Waals surface area contributed by atoms with Crippen LogP contribution in [0.2, 0.25) is 0 Å². The Kier molecular flexibility index (Phi) is 5.31. The molecule has 0 spiro atoms. The van der Waals surface area contributed by atoms with Crippen LogP contribution in [-0.2, 0) is 4.79 Å². The fourth-order valence-corrected chi connectivity index (χ4v) is 2.25. The smallest absolute Gasteiger partial charge is 0.312 e. The summed E-state index contributed by atoms with van der Waals surface area (Å²) in [5.74, 6) is -0.175. The first-order valence-corrected chi connectivity index (χ1v) is 6.81. The van der Waals surface area contributed by atoms with Crippen molar-refractivity contribution in [1.29, 1.82) is 0 Å². The van der Waals surface area contributed by atoms with Gasteiger partial charge in [-0.2, -0.15) is 0 Å². The Morgan fingerprint density at radius 3 is 2.63 bits per heavy atom. The maximum Gasteiger partial charge on any atom is 0.312 e. The molecule has 0 radical (unpaired) electrons. The van der Waals surface area contributed by atoms with Gasteiger partial charge in [-0.3, -0.25) is 4.79 Å². The highest BCUT2D eigenvalue weighted by molar-refractivity contribution is 7.10. The van der Waals surface area contributed by atoms with Gasteiger partial charge in [0.2, 0.25) is 5.91 Å². The van der Waals surface area contributed by atoms with Gasteiger partial charge >= 0.3 is 6.03 Å². The molecule has 1 rings (SSSR count). The molecule has 1 aromatic rings. The second-order valence-corrected chi connectivity index (χ2v) is 6.03. The number of nitrogens with one attached hydrogen (secondary N) is 2. The molecular weight excluding hydrogens is 264 g/mol. The average molecular weight is 284 g/mol. The third-order valence-corrected chi connectivity index (χ3v) is 3.32. The van der Waals surface area contributed by atoms with Gasteiger partial charge in [0.05, 0.1) is 12.5 Å². The maximum absolute atomic E-state index is 11.8. The number of thiophene rings is 1. The summed E-state index contributed by atoms with van der Waals surface area (Å²) in [6.07, 6.45) is 0.138. The molecule has 3 amide bonds. The third kappa shape index (κ3) is 6.21. The van der Waals surface area contributed by atoms with Gasteiger partial charge in [-0.15, -0.1) is 11.3 Å². The van der Waals surface area contributed by atoms with Crippen LogP contribution in [-0.4, -0.2) is 24.0 Å². The summed E-state index contributed by atoms with van der Waals surface area (Å²) in [5.41, 5.74) is 10.4. The van der Waals surface area contributed by atoms with Crippen LogP contribution < -0.4 is 22.1 Å². The van der Waals surface area contributed by atoms with Crippen LogP contribution in [0.4, 0.5) is 4.79 Å². The lowest BCUT2D eigenvalue weighted by Gasteiger charge is -2.20. The van der Waals surface area contributed by atoms with E-state index in [1.165, 1.54) is 11.3 Å². The first-order chi connectivity index (χ1) is 8.78. The Balaban J connectivity index is 2.58. The molecule has 1 heterocycles. The average Bonchev–Trinajstić information content (AvgIpc) is 2.77. The highest BCUT2D eigenvalue weighted by Crippen LogP contribution is 2.21. The first-order valence-electron chi connectivity index (χ1n) is 5.93. The molecule has 106 valence electrons. The molecule has 0 bridgehead atoms. The standard InChI is InChI=1S/C12H20N4O2S/c1-12(2,14)7-15-10(17)6-8(16-11(13)18)9-4-3-5-19-9/h3-5,8H,6-7,14H2,1-2H3,(H,15,17)(H3,13,16,18). The summed E-state index contributed by atoms with van der Waals surface area (Å²) in [6, 6.07) is 2.66. The normalized spacial score (nSPS) is 12.8. The molecule has 0 aromatic carbocycles. The van der Waals surface area contributed by atoms with E-state index >= 15 is 0 Å². The summed E-state index contributed by atoms with van der Waals surface area (Å²) < 4.78 is 0. The lowest BCUT2D eigenvalue weighted by Crippen LogP contribution is -2.46. The Morgan fingerprint density at radius 2 is 2.16 bits per heavy atom. The predicted molar refractivity (Wildman–Crippen MR) is 75.7 cm³/mol. The maximum atomic E-state index is 11.8. The van der Waals surface area contributed by atoms with Gasteiger partial charge in [0, 0.05) is 17.0 Å². The first kappa shape index (κ1) is 15.5. The van der Waals surface area contributed by atoms with Crippen molar-refractivity contribution in [3.8, 4) is 0 Å². The zero-order valence-electron chi connectivity index (χ0n) is 11.1. The van der Waals surface area contributed by atoms with Crippen LogP contribution in [0.15, 0.2) is 17.5 Å². The van der Waals surface area contributed by atoms with Crippen molar-refractivity contribution in [2.75, 3.05) is 6.54 Å². The van der Waals surface area contributed by atoms with Gasteiger partial charge in [-0.05, 0) is 25.3 Å². The van der Waals surface area contributed by atoms with Crippen molar-refractivity contribution < 1.29 is 9.59 Å². The van der Waals surface area contributed by atoms with Gasteiger partial charge < -0.3 is 22.1 Å². The summed E-state index contributed by atoms with van der Waals surface area (Å²) in [6.45, 7) is 4.02. The van der Waals surface area contributed by atoms with Gasteiger partial charge in [-0.1, -0.05) is 6.07 Å². The largest absolute Gasteiger partial charge is 0.354 e. The second-order valence-electron chi connectivity index (χ2n) is 5.05. The molecule has 0 aliphatic heterocycles. The van der Waals surface area contributed by atoms with E-state index in [1.807, 2.05) is 31.4 Å². The van der Waals surface area contributed by atoms with Crippen molar-refractivity contribution in [1.82, 2.24) is 10.6 Å². The van der Waals surface area contributed by atoms with Gasteiger partial charge in [0.1, 0.15) is 0 Å². The summed E-state index contributed by atoms with van der Waals surface area (Å²) in [4.78, 5) is 23.7. The van der Waals surface area contributed by atoms with E-state index in [0.29, 0.717) is 6.54 Å². The zero-order chi connectivity index (χ0) is 14.5. The number of primary amides is 1. The number of amides is 3. The number of hydrogen-bond acceptors (Lipinski definition) is 4. The van der Waals surface area contributed by atoms with Crippen molar-refractivity contribution in [2.24, 2.45) is 11.5 Å². The summed E-state index contributed by atoms with van der Waals surface area (Å²) in [7, 11) is 0. The van der Waals surface area contributed by atoms with Crippen molar-refractivity contribution in [3.05, 3.63) is 22.4 Å². The zero-order valence-corrected chi connectivity index (χ0v) is 11.9. The highest BCUT2D eigenvalue weighted by Gasteiger charge is 2.19. The van der Waals surface area contributed by atoms with Gasteiger partial charge in [-0.25, -0.2) is 4.79 Å². The number of hydrogen-bond donors (Lipinski definition) is 4. The minimum absolute atomic E-state index is 0.138. The van der Waals surface area contributed by atoms with Crippen molar-refractivity contribution in [3.63, 3.8) is 0 Å². The molecule has 1 aromatic heterocycles. The van der Waals surface area contributed by atoms with Crippen LogP contribution in [0.25, 0.3) is 0 Å². The molecule has 1 unspecified atom stereocenters. The van der Waals surface area contributed by atoms with E-state index in [1.54, 1.807) is 0 Å². The van der Waals surface area contributed by atoms with E-state index in [2.05, 4.69) is 10.6 Å². The van der Waals surface area contributed by atoms with Crippen LogP contribution in [0, 0.1) is 0 Å². The number of carbonyl (C=O) groups excluding carboxylic acids is 2. The summed E-state index contributed by atoms with van der Waals surface area (Å²) >= 11 is 1.46. The van der Waals surface area contributed by atoms with E-state index in [-0.39, 0.29) is 12.3 Å². The molecule has 7 heteroatoms. The van der Waals surface area contributed by atoms with Crippen molar-refractivity contribution in [2.45, 2.75) is 31.8 Å². The number of rotatable bonds is 6. The Morgan fingerprint density at radius 1 is 1.47 bits per heavy atom. The third-order valence-electron chi connectivity index (χ3n) is 2.33. The molecule has 19 heavy (non-hydrogen) atoms. The van der Waals surface area contributed by atoms with E-state index < -0.39 is 17.6 Å². The molecule has 6 N–H and O–H groups in total. The van der Waals surface area contributed by atoms with Gasteiger partial charge in [0.15, 0.2) is 0 Å². The number of carbonyl (C=O) groups is 2. The highest BCUT2D eigenvalue weighted by atomic mass is 32.1. The SMILES string of the molecule is CC(C)(N)CNC(=O)CC(NC(N)=O)c1cccs1. The monoisotopic (exact) mass is 284 g/mol. The number of urea groups is 1. The fraction of sp³-hybridized carbons (Fsp3) is 0.500. The molecule has 0 saturated carbocycles. The van der Waals surface area contributed by atoms with Crippen molar-refractivity contribution >= 4 is 23.3 Å². The molecule has 0 fully saturated rings. The number of nitrogens with two attached hydrogens (primary N) is 2. The predicted octanol–water partition coefficient (Wildman–Crippen LogP) is 0.701.